The summed E-state index contributed by atoms with van der Waals surface area (Å²) in [6.45, 7) is 13.6. The molecule has 14 heavy (non-hydrogen) atoms. The molecule has 1 heteroatoms. The molecule has 1 N–H and O–H groups in total. The van der Waals surface area contributed by atoms with E-state index in [9.17, 15) is 0 Å². The molecule has 0 rings (SSSR count). The lowest BCUT2D eigenvalue weighted by Crippen LogP contribution is -2.23. The first-order valence-corrected chi connectivity index (χ1v) is 5.55. The van der Waals surface area contributed by atoms with Crippen LogP contribution in [0.2, 0.25) is 0 Å². The van der Waals surface area contributed by atoms with Crippen molar-refractivity contribution in [1.29, 1.82) is 0 Å². The van der Waals surface area contributed by atoms with E-state index >= 15 is 0 Å². The van der Waals surface area contributed by atoms with Gasteiger partial charge in [-0.1, -0.05) is 31.1 Å². The molecular formula is C13H25N. The van der Waals surface area contributed by atoms with Gasteiger partial charge < -0.3 is 5.32 Å². The van der Waals surface area contributed by atoms with E-state index in [0.717, 1.165) is 25.8 Å². The highest BCUT2D eigenvalue weighted by Gasteiger charge is 1.92. The van der Waals surface area contributed by atoms with E-state index in [4.69, 9.17) is 0 Å². The van der Waals surface area contributed by atoms with Gasteiger partial charge >= 0.3 is 0 Å². The minimum atomic E-state index is 0.596. The van der Waals surface area contributed by atoms with Crippen LogP contribution >= 0.6 is 0 Å². The average Bonchev–Trinajstić information content (AvgIpc) is 2.08. The first-order valence-electron chi connectivity index (χ1n) is 5.55. The summed E-state index contributed by atoms with van der Waals surface area (Å²) < 4.78 is 0. The molecule has 0 heterocycles. The first-order chi connectivity index (χ1) is 6.52. The second-order valence-corrected chi connectivity index (χ2v) is 4.41. The molecule has 0 amide bonds. The van der Waals surface area contributed by atoms with Crippen LogP contribution in [-0.4, -0.2) is 12.6 Å². The molecule has 0 aromatic heterocycles. The standard InChI is InChI=1S/C13H25N/c1-11(2)8-9-13(5)7-6-10-14-12(3)4/h7,12,14H,1,6,8-10H2,2-5H3/b13-7-. The van der Waals surface area contributed by atoms with Crippen LogP contribution in [0.4, 0.5) is 0 Å². The minimum Gasteiger partial charge on any atom is -0.314 e. The number of hydrogen-bond acceptors (Lipinski definition) is 1. The zero-order chi connectivity index (χ0) is 11.0. The van der Waals surface area contributed by atoms with E-state index in [1.807, 2.05) is 0 Å². The Morgan fingerprint density at radius 3 is 2.43 bits per heavy atom. The molecule has 82 valence electrons. The second-order valence-electron chi connectivity index (χ2n) is 4.41. The van der Waals surface area contributed by atoms with Gasteiger partial charge in [0.1, 0.15) is 0 Å². The van der Waals surface area contributed by atoms with Gasteiger partial charge in [0.05, 0.1) is 0 Å². The van der Waals surface area contributed by atoms with Gasteiger partial charge in [0.2, 0.25) is 0 Å². The fourth-order valence-electron chi connectivity index (χ4n) is 1.20. The van der Waals surface area contributed by atoms with E-state index in [-0.39, 0.29) is 0 Å². The maximum Gasteiger partial charge on any atom is 0.00105 e. The van der Waals surface area contributed by atoms with Crippen LogP contribution in [0.15, 0.2) is 23.8 Å². The van der Waals surface area contributed by atoms with Gasteiger partial charge in [-0.05, 0) is 39.7 Å². The smallest absolute Gasteiger partial charge is 0.00105 e. The highest BCUT2D eigenvalue weighted by Crippen LogP contribution is 2.09. The SMILES string of the molecule is C=C(C)CC/C(C)=C\CCNC(C)C. The van der Waals surface area contributed by atoms with Crippen molar-refractivity contribution >= 4 is 0 Å². The molecule has 0 bridgehead atoms. The molecule has 0 radical (unpaired) electrons. The van der Waals surface area contributed by atoms with E-state index in [0.29, 0.717) is 6.04 Å². The normalized spacial score (nSPS) is 12.2. The summed E-state index contributed by atoms with van der Waals surface area (Å²) in [6.07, 6.45) is 5.76. The minimum absolute atomic E-state index is 0.596. The third kappa shape index (κ3) is 9.53. The molecule has 0 fully saturated rings. The third-order valence-corrected chi connectivity index (χ3v) is 2.14. The van der Waals surface area contributed by atoms with E-state index in [1.165, 1.54) is 11.1 Å². The van der Waals surface area contributed by atoms with Gasteiger partial charge in [0.25, 0.3) is 0 Å². The van der Waals surface area contributed by atoms with Crippen LogP contribution in [0.25, 0.3) is 0 Å². The Morgan fingerprint density at radius 2 is 1.93 bits per heavy atom. The summed E-state index contributed by atoms with van der Waals surface area (Å²) in [5, 5.41) is 3.40. The lowest BCUT2D eigenvalue weighted by atomic mass is 10.1. The Labute approximate surface area is 89.3 Å². The Hall–Kier alpha value is -0.560. The predicted molar refractivity (Wildman–Crippen MR) is 65.6 cm³/mol. The quantitative estimate of drug-likeness (QED) is 0.483. The van der Waals surface area contributed by atoms with Crippen molar-refractivity contribution in [3.8, 4) is 0 Å². The number of rotatable bonds is 7. The second kappa shape index (κ2) is 7.81. The van der Waals surface area contributed by atoms with Gasteiger partial charge in [0.15, 0.2) is 0 Å². The van der Waals surface area contributed by atoms with Crippen LogP contribution < -0.4 is 5.32 Å². The van der Waals surface area contributed by atoms with Crippen LogP contribution in [0.1, 0.15) is 47.0 Å². The molecule has 0 aliphatic carbocycles. The van der Waals surface area contributed by atoms with Gasteiger partial charge in [-0.15, -0.1) is 6.58 Å². The fraction of sp³-hybridized carbons (Fsp3) is 0.692. The lowest BCUT2D eigenvalue weighted by Gasteiger charge is -2.06. The third-order valence-electron chi connectivity index (χ3n) is 2.14. The summed E-state index contributed by atoms with van der Waals surface area (Å²) in [5.74, 6) is 0. The van der Waals surface area contributed by atoms with Gasteiger partial charge in [-0.3, -0.25) is 0 Å². The maximum absolute atomic E-state index is 3.91. The molecule has 0 unspecified atom stereocenters. The predicted octanol–water partition coefficient (Wildman–Crippen LogP) is 3.68. The number of nitrogens with one attached hydrogen (secondary N) is 1. The molecule has 0 spiro atoms. The average molecular weight is 195 g/mol. The van der Waals surface area contributed by atoms with Crippen molar-refractivity contribution < 1.29 is 0 Å². The molecule has 0 saturated carbocycles. The monoisotopic (exact) mass is 195 g/mol. The topological polar surface area (TPSA) is 12.0 Å². The lowest BCUT2D eigenvalue weighted by molar-refractivity contribution is 0.594. The Balaban J connectivity index is 3.51. The van der Waals surface area contributed by atoms with Gasteiger partial charge in [0, 0.05) is 6.04 Å². The summed E-state index contributed by atoms with van der Waals surface area (Å²) in [7, 11) is 0. The van der Waals surface area contributed by atoms with Crippen LogP contribution in [-0.2, 0) is 0 Å². The van der Waals surface area contributed by atoms with E-state index in [2.05, 4.69) is 45.7 Å². The van der Waals surface area contributed by atoms with Crippen LogP contribution in [0, 0.1) is 0 Å². The Kier molecular flexibility index (Phi) is 7.50. The molecule has 0 aromatic rings. The van der Waals surface area contributed by atoms with Crippen molar-refractivity contribution in [3.63, 3.8) is 0 Å². The maximum atomic E-state index is 3.91. The van der Waals surface area contributed by atoms with Crippen molar-refractivity contribution in [2.75, 3.05) is 6.54 Å². The number of hydrogen-bond donors (Lipinski definition) is 1. The summed E-state index contributed by atoms with van der Waals surface area (Å²) in [6, 6.07) is 0.596. The molecule has 0 aliphatic rings. The highest BCUT2D eigenvalue weighted by atomic mass is 14.9. The van der Waals surface area contributed by atoms with Gasteiger partial charge in [-0.25, -0.2) is 0 Å². The molecule has 1 nitrogen and oxygen atoms in total. The Morgan fingerprint density at radius 1 is 1.29 bits per heavy atom. The summed E-state index contributed by atoms with van der Waals surface area (Å²) in [4.78, 5) is 0. The van der Waals surface area contributed by atoms with Crippen molar-refractivity contribution in [2.45, 2.75) is 53.0 Å². The van der Waals surface area contributed by atoms with Crippen molar-refractivity contribution in [3.05, 3.63) is 23.8 Å². The summed E-state index contributed by atoms with van der Waals surface area (Å²) in [5.41, 5.74) is 2.76. The van der Waals surface area contributed by atoms with Crippen molar-refractivity contribution in [1.82, 2.24) is 5.32 Å². The fourth-order valence-corrected chi connectivity index (χ4v) is 1.20. The molecular weight excluding hydrogens is 170 g/mol. The van der Waals surface area contributed by atoms with Gasteiger partial charge in [-0.2, -0.15) is 0 Å². The molecule has 0 saturated heterocycles. The first kappa shape index (κ1) is 13.4. The van der Waals surface area contributed by atoms with Crippen LogP contribution in [0.3, 0.4) is 0 Å². The number of allylic oxidation sites excluding steroid dienone is 2. The largest absolute Gasteiger partial charge is 0.314 e. The zero-order valence-corrected chi connectivity index (χ0v) is 10.2. The molecule has 0 atom stereocenters. The zero-order valence-electron chi connectivity index (χ0n) is 10.2. The summed E-state index contributed by atoms with van der Waals surface area (Å²) >= 11 is 0. The molecule has 0 aliphatic heterocycles. The van der Waals surface area contributed by atoms with Crippen LogP contribution in [0.5, 0.6) is 0 Å². The molecule has 0 aromatic carbocycles. The highest BCUT2D eigenvalue weighted by molar-refractivity contribution is 5.02. The van der Waals surface area contributed by atoms with Crippen molar-refractivity contribution in [2.24, 2.45) is 0 Å². The Bertz CT molecular complexity index is 189. The van der Waals surface area contributed by atoms with E-state index < -0.39 is 0 Å². The van der Waals surface area contributed by atoms with E-state index in [1.54, 1.807) is 0 Å².